The molecule has 0 bridgehead atoms. The van der Waals surface area contributed by atoms with Crippen molar-refractivity contribution in [2.24, 2.45) is 0 Å². The van der Waals surface area contributed by atoms with Crippen LogP contribution in [0.15, 0.2) is 0 Å². The van der Waals surface area contributed by atoms with Crippen LogP contribution in [-0.4, -0.2) is 36.1 Å². The summed E-state index contributed by atoms with van der Waals surface area (Å²) < 4.78 is 0. The second-order valence-corrected chi connectivity index (χ2v) is 6.30. The molecule has 96 valence electrons. The highest BCUT2D eigenvalue weighted by molar-refractivity contribution is 4.83. The SMILES string of the molecule is CCC(CNC(C)(C)C)N(C)C1CCCC1. The molecular formula is C14H30N2. The van der Waals surface area contributed by atoms with Gasteiger partial charge in [-0.2, -0.15) is 0 Å². The Labute approximate surface area is 102 Å². The number of likely N-dealkylation sites (N-methyl/N-ethyl adjacent to an activating group) is 1. The van der Waals surface area contributed by atoms with Crippen molar-refractivity contribution in [3.63, 3.8) is 0 Å². The number of nitrogens with zero attached hydrogens (tertiary/aromatic N) is 1. The molecule has 0 aromatic carbocycles. The summed E-state index contributed by atoms with van der Waals surface area (Å²) in [6.45, 7) is 10.2. The fraction of sp³-hybridized carbons (Fsp3) is 1.00. The van der Waals surface area contributed by atoms with Crippen molar-refractivity contribution in [3.8, 4) is 0 Å². The summed E-state index contributed by atoms with van der Waals surface area (Å²) in [5, 5.41) is 3.64. The first-order valence-electron chi connectivity index (χ1n) is 6.91. The second-order valence-electron chi connectivity index (χ2n) is 6.30. The van der Waals surface area contributed by atoms with Crippen LogP contribution in [-0.2, 0) is 0 Å². The zero-order chi connectivity index (χ0) is 12.2. The van der Waals surface area contributed by atoms with E-state index >= 15 is 0 Å². The minimum absolute atomic E-state index is 0.240. The Morgan fingerprint density at radius 2 is 1.81 bits per heavy atom. The molecule has 1 unspecified atom stereocenters. The predicted molar refractivity (Wildman–Crippen MR) is 71.9 cm³/mol. The lowest BCUT2D eigenvalue weighted by Crippen LogP contribution is -2.48. The molecular weight excluding hydrogens is 196 g/mol. The Morgan fingerprint density at radius 1 is 1.25 bits per heavy atom. The van der Waals surface area contributed by atoms with Crippen LogP contribution in [0.3, 0.4) is 0 Å². The maximum atomic E-state index is 3.64. The van der Waals surface area contributed by atoms with Crippen molar-refractivity contribution in [2.45, 2.75) is 77.4 Å². The van der Waals surface area contributed by atoms with E-state index in [1.807, 2.05) is 0 Å². The molecule has 0 radical (unpaired) electrons. The second kappa shape index (κ2) is 6.02. The molecule has 0 spiro atoms. The first-order valence-corrected chi connectivity index (χ1v) is 6.91. The minimum atomic E-state index is 0.240. The standard InChI is InChI=1S/C14H30N2/c1-6-12(11-15-14(2,3)4)16(5)13-9-7-8-10-13/h12-13,15H,6-11H2,1-5H3. The molecule has 0 aromatic heterocycles. The first-order chi connectivity index (χ1) is 7.44. The summed E-state index contributed by atoms with van der Waals surface area (Å²) in [6.07, 6.45) is 6.91. The van der Waals surface area contributed by atoms with Gasteiger partial charge in [-0.15, -0.1) is 0 Å². The lowest BCUT2D eigenvalue weighted by Gasteiger charge is -2.34. The molecule has 1 saturated carbocycles. The van der Waals surface area contributed by atoms with Crippen LogP contribution in [0.1, 0.15) is 59.8 Å². The number of hydrogen-bond donors (Lipinski definition) is 1. The molecule has 0 saturated heterocycles. The summed E-state index contributed by atoms with van der Waals surface area (Å²) in [5.74, 6) is 0. The third-order valence-electron chi connectivity index (χ3n) is 3.82. The fourth-order valence-corrected chi connectivity index (χ4v) is 2.61. The Morgan fingerprint density at radius 3 is 2.25 bits per heavy atom. The molecule has 1 aliphatic rings. The largest absolute Gasteiger partial charge is 0.311 e. The van der Waals surface area contributed by atoms with E-state index in [1.54, 1.807) is 0 Å². The minimum Gasteiger partial charge on any atom is -0.311 e. The molecule has 0 heterocycles. The summed E-state index contributed by atoms with van der Waals surface area (Å²) in [7, 11) is 2.31. The Bertz CT molecular complexity index is 189. The van der Waals surface area contributed by atoms with Crippen LogP contribution in [0.2, 0.25) is 0 Å². The van der Waals surface area contributed by atoms with Crippen molar-refractivity contribution >= 4 is 0 Å². The molecule has 1 atom stereocenters. The van der Waals surface area contributed by atoms with Gasteiger partial charge >= 0.3 is 0 Å². The van der Waals surface area contributed by atoms with Crippen LogP contribution >= 0.6 is 0 Å². The van der Waals surface area contributed by atoms with Gasteiger partial charge in [0.2, 0.25) is 0 Å². The third-order valence-corrected chi connectivity index (χ3v) is 3.82. The van der Waals surface area contributed by atoms with E-state index in [2.05, 4.69) is 45.0 Å². The smallest absolute Gasteiger partial charge is 0.0218 e. The zero-order valence-corrected chi connectivity index (χ0v) is 11.8. The van der Waals surface area contributed by atoms with Crippen LogP contribution in [0.25, 0.3) is 0 Å². The summed E-state index contributed by atoms with van der Waals surface area (Å²) >= 11 is 0. The molecule has 1 aliphatic carbocycles. The van der Waals surface area contributed by atoms with E-state index < -0.39 is 0 Å². The Hall–Kier alpha value is -0.0800. The molecule has 1 rings (SSSR count). The predicted octanol–water partition coefficient (Wildman–Crippen LogP) is 3.03. The van der Waals surface area contributed by atoms with Crippen molar-refractivity contribution in [1.82, 2.24) is 10.2 Å². The molecule has 2 nitrogen and oxygen atoms in total. The van der Waals surface area contributed by atoms with Gasteiger partial charge in [-0.05, 0) is 47.1 Å². The highest BCUT2D eigenvalue weighted by atomic mass is 15.2. The first kappa shape index (κ1) is 14.0. The van der Waals surface area contributed by atoms with Crippen LogP contribution < -0.4 is 5.32 Å². The fourth-order valence-electron chi connectivity index (χ4n) is 2.61. The van der Waals surface area contributed by atoms with E-state index in [0.29, 0.717) is 6.04 Å². The van der Waals surface area contributed by atoms with Gasteiger partial charge < -0.3 is 5.32 Å². The maximum absolute atomic E-state index is 3.64. The van der Waals surface area contributed by atoms with Gasteiger partial charge in [0.15, 0.2) is 0 Å². The van der Waals surface area contributed by atoms with Crippen molar-refractivity contribution in [3.05, 3.63) is 0 Å². The summed E-state index contributed by atoms with van der Waals surface area (Å²) in [5.41, 5.74) is 0.240. The van der Waals surface area contributed by atoms with Gasteiger partial charge in [-0.25, -0.2) is 0 Å². The zero-order valence-electron chi connectivity index (χ0n) is 11.8. The third kappa shape index (κ3) is 4.42. The van der Waals surface area contributed by atoms with Crippen molar-refractivity contribution < 1.29 is 0 Å². The molecule has 2 heteroatoms. The highest BCUT2D eigenvalue weighted by Gasteiger charge is 2.25. The maximum Gasteiger partial charge on any atom is 0.0218 e. The summed E-state index contributed by atoms with van der Waals surface area (Å²) in [6, 6.07) is 1.54. The van der Waals surface area contributed by atoms with E-state index in [0.717, 1.165) is 12.6 Å². The van der Waals surface area contributed by atoms with Gasteiger partial charge in [0.25, 0.3) is 0 Å². The number of hydrogen-bond acceptors (Lipinski definition) is 2. The quantitative estimate of drug-likeness (QED) is 0.775. The lowest BCUT2D eigenvalue weighted by molar-refractivity contribution is 0.159. The Kier molecular flexibility index (Phi) is 5.26. The highest BCUT2D eigenvalue weighted by Crippen LogP contribution is 2.24. The van der Waals surface area contributed by atoms with E-state index in [1.165, 1.54) is 32.1 Å². The van der Waals surface area contributed by atoms with Crippen molar-refractivity contribution in [1.29, 1.82) is 0 Å². The molecule has 0 aliphatic heterocycles. The summed E-state index contributed by atoms with van der Waals surface area (Å²) in [4.78, 5) is 2.62. The van der Waals surface area contributed by atoms with E-state index in [9.17, 15) is 0 Å². The van der Waals surface area contributed by atoms with Gasteiger partial charge in [0.1, 0.15) is 0 Å². The van der Waals surface area contributed by atoms with Crippen LogP contribution in [0.4, 0.5) is 0 Å². The number of rotatable bonds is 5. The van der Waals surface area contributed by atoms with Gasteiger partial charge in [0, 0.05) is 24.2 Å². The molecule has 0 amide bonds. The van der Waals surface area contributed by atoms with E-state index in [-0.39, 0.29) is 5.54 Å². The number of nitrogens with one attached hydrogen (secondary N) is 1. The van der Waals surface area contributed by atoms with Crippen LogP contribution in [0, 0.1) is 0 Å². The molecule has 16 heavy (non-hydrogen) atoms. The molecule has 1 N–H and O–H groups in total. The van der Waals surface area contributed by atoms with Gasteiger partial charge in [-0.1, -0.05) is 19.8 Å². The van der Waals surface area contributed by atoms with E-state index in [4.69, 9.17) is 0 Å². The Balaban J connectivity index is 2.40. The van der Waals surface area contributed by atoms with Gasteiger partial charge in [-0.3, -0.25) is 4.90 Å². The normalized spacial score (nSPS) is 20.6. The van der Waals surface area contributed by atoms with Crippen molar-refractivity contribution in [2.75, 3.05) is 13.6 Å². The molecule has 1 fully saturated rings. The van der Waals surface area contributed by atoms with Gasteiger partial charge in [0.05, 0.1) is 0 Å². The average molecular weight is 226 g/mol. The molecule has 0 aromatic rings. The topological polar surface area (TPSA) is 15.3 Å². The average Bonchev–Trinajstić information content (AvgIpc) is 2.69. The monoisotopic (exact) mass is 226 g/mol. The lowest BCUT2D eigenvalue weighted by atomic mass is 10.1. The van der Waals surface area contributed by atoms with Crippen LogP contribution in [0.5, 0.6) is 0 Å².